The highest BCUT2D eigenvalue weighted by Gasteiger charge is 2.36. The highest BCUT2D eigenvalue weighted by molar-refractivity contribution is 7.09. The fourth-order valence-electron chi connectivity index (χ4n) is 3.91. The lowest BCUT2D eigenvalue weighted by Gasteiger charge is -2.37. The van der Waals surface area contributed by atoms with Gasteiger partial charge in [0.05, 0.1) is 39.0 Å². The van der Waals surface area contributed by atoms with Crippen LogP contribution in [0.15, 0.2) is 40.3 Å². The first-order chi connectivity index (χ1) is 13.6. The predicted molar refractivity (Wildman–Crippen MR) is 104 cm³/mol. The van der Waals surface area contributed by atoms with E-state index in [1.165, 1.54) is 16.0 Å². The molecule has 0 bridgehead atoms. The van der Waals surface area contributed by atoms with Gasteiger partial charge in [-0.05, 0) is 34.0 Å². The van der Waals surface area contributed by atoms with Crippen LogP contribution in [0.1, 0.15) is 41.1 Å². The van der Waals surface area contributed by atoms with Gasteiger partial charge in [0.15, 0.2) is 11.8 Å². The van der Waals surface area contributed by atoms with Gasteiger partial charge in [-0.25, -0.2) is 4.68 Å². The molecule has 3 aromatic rings. The van der Waals surface area contributed by atoms with Gasteiger partial charge in [0.2, 0.25) is 5.82 Å². The number of rotatable bonds is 6. The minimum Gasteiger partial charge on any atom is -0.459 e. The number of amides is 1. The van der Waals surface area contributed by atoms with Gasteiger partial charge in [-0.1, -0.05) is 19.9 Å². The van der Waals surface area contributed by atoms with Crippen molar-refractivity contribution in [1.29, 1.82) is 0 Å². The Morgan fingerprint density at radius 1 is 1.29 bits per heavy atom. The molecular weight excluding hydrogens is 376 g/mol. The Morgan fingerprint density at radius 2 is 2.11 bits per heavy atom. The second-order valence-electron chi connectivity index (χ2n) is 7.42. The Balaban J connectivity index is 1.46. The molecule has 0 aromatic carbocycles. The van der Waals surface area contributed by atoms with Crippen molar-refractivity contribution in [1.82, 2.24) is 25.1 Å². The molecule has 9 heteroatoms. The zero-order valence-electron chi connectivity index (χ0n) is 16.1. The lowest BCUT2D eigenvalue weighted by atomic mass is 10.0. The monoisotopic (exact) mass is 401 g/mol. The molecule has 1 aliphatic rings. The third kappa shape index (κ3) is 3.85. The molecule has 0 radical (unpaired) electrons. The molecule has 1 amide bonds. The molecule has 1 fully saturated rings. The largest absolute Gasteiger partial charge is 0.459 e. The van der Waals surface area contributed by atoms with E-state index >= 15 is 0 Å². The van der Waals surface area contributed by atoms with Crippen LogP contribution in [-0.4, -0.2) is 57.2 Å². The maximum Gasteiger partial charge on any atom is 0.289 e. The fourth-order valence-corrected chi connectivity index (χ4v) is 4.60. The van der Waals surface area contributed by atoms with Crippen molar-refractivity contribution in [3.8, 4) is 0 Å². The van der Waals surface area contributed by atoms with E-state index < -0.39 is 0 Å². The number of thiophene rings is 1. The second kappa shape index (κ2) is 8.24. The van der Waals surface area contributed by atoms with Crippen LogP contribution in [0.2, 0.25) is 0 Å². The lowest BCUT2D eigenvalue weighted by Crippen LogP contribution is -3.15. The van der Waals surface area contributed by atoms with Crippen molar-refractivity contribution in [3.05, 3.63) is 52.4 Å². The van der Waals surface area contributed by atoms with Crippen molar-refractivity contribution in [3.63, 3.8) is 0 Å². The average molecular weight is 402 g/mol. The summed E-state index contributed by atoms with van der Waals surface area (Å²) < 4.78 is 7.18. The molecule has 28 heavy (non-hydrogen) atoms. The number of nitrogens with zero attached hydrogens (tertiary/aromatic N) is 5. The number of tetrazole rings is 1. The SMILES string of the molecule is CC(C)[C@@H](c1nnnn1Cc1cccs1)[NH+]1CCN(C(=O)c2ccco2)CC1. The molecule has 1 aliphatic heterocycles. The summed E-state index contributed by atoms with van der Waals surface area (Å²) in [6.07, 6.45) is 1.54. The molecule has 1 N–H and O–H groups in total. The predicted octanol–water partition coefficient (Wildman–Crippen LogP) is 1.11. The minimum absolute atomic E-state index is 0.0346. The van der Waals surface area contributed by atoms with E-state index in [2.05, 4.69) is 40.8 Å². The fraction of sp³-hybridized carbons (Fsp3) is 0.474. The van der Waals surface area contributed by atoms with E-state index in [-0.39, 0.29) is 11.9 Å². The van der Waals surface area contributed by atoms with Crippen molar-refractivity contribution in [2.45, 2.75) is 26.4 Å². The lowest BCUT2D eigenvalue weighted by molar-refractivity contribution is -0.940. The van der Waals surface area contributed by atoms with Crippen LogP contribution in [0.25, 0.3) is 0 Å². The number of carbonyl (C=O) groups excluding carboxylic acids is 1. The summed E-state index contributed by atoms with van der Waals surface area (Å²) in [5, 5.41) is 14.6. The van der Waals surface area contributed by atoms with Gasteiger partial charge < -0.3 is 14.2 Å². The van der Waals surface area contributed by atoms with Gasteiger partial charge in [-0.15, -0.1) is 16.4 Å². The summed E-state index contributed by atoms with van der Waals surface area (Å²) in [5.41, 5.74) is 0. The quantitative estimate of drug-likeness (QED) is 0.669. The molecule has 0 aliphatic carbocycles. The zero-order valence-corrected chi connectivity index (χ0v) is 16.9. The molecule has 1 saturated heterocycles. The van der Waals surface area contributed by atoms with E-state index in [0.29, 0.717) is 31.3 Å². The van der Waals surface area contributed by atoms with Crippen LogP contribution in [0.4, 0.5) is 0 Å². The summed E-state index contributed by atoms with van der Waals surface area (Å²) in [6.45, 7) is 8.24. The van der Waals surface area contributed by atoms with E-state index in [1.54, 1.807) is 23.5 Å². The number of hydrogen-bond donors (Lipinski definition) is 1. The minimum atomic E-state index is -0.0346. The number of piperazine rings is 1. The maximum absolute atomic E-state index is 12.5. The third-order valence-corrected chi connectivity index (χ3v) is 6.12. The molecular formula is C19H25N6O2S+. The van der Waals surface area contributed by atoms with Crippen LogP contribution in [0, 0.1) is 5.92 Å². The van der Waals surface area contributed by atoms with Crippen molar-refractivity contribution >= 4 is 17.2 Å². The van der Waals surface area contributed by atoms with Crippen LogP contribution < -0.4 is 4.90 Å². The zero-order chi connectivity index (χ0) is 19.5. The third-order valence-electron chi connectivity index (χ3n) is 5.25. The first-order valence-corrected chi connectivity index (χ1v) is 10.5. The normalized spacial score (nSPS) is 16.6. The number of quaternary nitrogens is 1. The number of nitrogens with one attached hydrogen (secondary N) is 1. The van der Waals surface area contributed by atoms with Gasteiger partial charge in [0.1, 0.15) is 0 Å². The smallest absolute Gasteiger partial charge is 0.289 e. The Morgan fingerprint density at radius 3 is 2.75 bits per heavy atom. The van der Waals surface area contributed by atoms with Crippen molar-refractivity contribution in [2.75, 3.05) is 26.2 Å². The van der Waals surface area contributed by atoms with Gasteiger partial charge in [0.25, 0.3) is 5.91 Å². The van der Waals surface area contributed by atoms with Gasteiger partial charge >= 0.3 is 0 Å². The van der Waals surface area contributed by atoms with E-state index in [4.69, 9.17) is 4.42 Å². The summed E-state index contributed by atoms with van der Waals surface area (Å²) in [6, 6.07) is 7.81. The molecule has 0 saturated carbocycles. The Hall–Kier alpha value is -2.52. The topological polar surface area (TPSA) is 81.5 Å². The van der Waals surface area contributed by atoms with Crippen LogP contribution in [0.3, 0.4) is 0 Å². The van der Waals surface area contributed by atoms with E-state index in [9.17, 15) is 4.79 Å². The van der Waals surface area contributed by atoms with Crippen LogP contribution >= 0.6 is 11.3 Å². The van der Waals surface area contributed by atoms with E-state index in [0.717, 1.165) is 18.9 Å². The van der Waals surface area contributed by atoms with Crippen LogP contribution in [0.5, 0.6) is 0 Å². The van der Waals surface area contributed by atoms with Gasteiger partial charge in [0, 0.05) is 10.8 Å². The van der Waals surface area contributed by atoms with Gasteiger partial charge in [-0.2, -0.15) is 0 Å². The Kier molecular flexibility index (Phi) is 5.54. The summed E-state index contributed by atoms with van der Waals surface area (Å²) in [5.74, 6) is 1.68. The number of carbonyl (C=O) groups is 1. The molecule has 4 rings (SSSR count). The van der Waals surface area contributed by atoms with Crippen LogP contribution in [-0.2, 0) is 6.54 Å². The number of aromatic nitrogens is 4. The number of furan rings is 1. The summed E-state index contributed by atoms with van der Waals surface area (Å²) >= 11 is 1.71. The summed E-state index contributed by atoms with van der Waals surface area (Å²) in [7, 11) is 0. The Labute approximate surface area is 167 Å². The Bertz CT molecular complexity index is 882. The molecule has 0 spiro atoms. The molecule has 8 nitrogen and oxygen atoms in total. The molecule has 3 aromatic heterocycles. The average Bonchev–Trinajstić information content (AvgIpc) is 3.46. The highest BCUT2D eigenvalue weighted by atomic mass is 32.1. The first-order valence-electron chi connectivity index (χ1n) is 9.59. The summed E-state index contributed by atoms with van der Waals surface area (Å²) in [4.78, 5) is 17.0. The van der Waals surface area contributed by atoms with Crippen molar-refractivity contribution in [2.24, 2.45) is 5.92 Å². The highest BCUT2D eigenvalue weighted by Crippen LogP contribution is 2.19. The van der Waals surface area contributed by atoms with Crippen molar-refractivity contribution < 1.29 is 14.1 Å². The molecule has 0 unspecified atom stereocenters. The standard InChI is InChI=1S/C19H24N6O2S/c1-14(2)17(18-20-21-22-25(18)13-15-5-4-12-28-15)23-7-9-24(10-8-23)19(26)16-6-3-11-27-16/h3-6,11-12,14,17H,7-10,13H2,1-2H3/p+1/t17-/m0/s1. The molecule has 4 heterocycles. The molecule has 1 atom stereocenters. The maximum atomic E-state index is 12.5. The van der Waals surface area contributed by atoms with E-state index in [1.807, 2.05) is 15.6 Å². The number of hydrogen-bond acceptors (Lipinski definition) is 6. The first kappa shape index (κ1) is 18.8. The van der Waals surface area contributed by atoms with Gasteiger partial charge in [-0.3, -0.25) is 4.79 Å². The molecule has 148 valence electrons. The second-order valence-corrected chi connectivity index (χ2v) is 8.46.